The van der Waals surface area contributed by atoms with E-state index in [0.29, 0.717) is 29.2 Å². The van der Waals surface area contributed by atoms with Crippen LogP contribution in [0.2, 0.25) is 0 Å². The smallest absolute Gasteiger partial charge is 0.255 e. The largest absolute Gasteiger partial charge is 0.384 e. The number of carbonyl (C=O) groups excluding carboxylic acids is 2. The minimum atomic E-state index is -0.276. The Bertz CT molecular complexity index is 1540. The Balaban J connectivity index is 1.21. The van der Waals surface area contributed by atoms with Crippen LogP contribution < -0.4 is 16.4 Å². The molecule has 0 radical (unpaired) electrons. The second-order valence-corrected chi connectivity index (χ2v) is 9.51. The average molecular weight is 491 g/mol. The fourth-order valence-corrected chi connectivity index (χ4v) is 5.28. The maximum absolute atomic E-state index is 13.0. The molecule has 7 nitrogen and oxygen atoms in total. The zero-order chi connectivity index (χ0) is 25.7. The van der Waals surface area contributed by atoms with E-state index in [1.54, 1.807) is 12.1 Å². The van der Waals surface area contributed by atoms with Gasteiger partial charge in [0.25, 0.3) is 11.8 Å². The topological polar surface area (TPSA) is 106 Å². The van der Waals surface area contributed by atoms with Crippen LogP contribution in [-0.4, -0.2) is 16.8 Å². The fraction of sp³-hybridized carbons (Fsp3) is 0.167. The number of carbonyl (C=O) groups is 2. The van der Waals surface area contributed by atoms with Crippen molar-refractivity contribution in [1.29, 1.82) is 0 Å². The summed E-state index contributed by atoms with van der Waals surface area (Å²) >= 11 is 0. The highest BCUT2D eigenvalue weighted by molar-refractivity contribution is 6.04. The number of benzene rings is 3. The van der Waals surface area contributed by atoms with Gasteiger partial charge in [-0.25, -0.2) is 4.98 Å². The van der Waals surface area contributed by atoms with Crippen molar-refractivity contribution >= 4 is 23.3 Å². The number of nitrogens with zero attached hydrogens (tertiary/aromatic N) is 1. The molecule has 3 aromatic carbocycles. The Morgan fingerprint density at radius 2 is 1.54 bits per heavy atom. The van der Waals surface area contributed by atoms with Crippen LogP contribution in [0.4, 0.5) is 11.5 Å². The molecule has 0 saturated heterocycles. The third kappa shape index (κ3) is 4.03. The van der Waals surface area contributed by atoms with E-state index in [1.165, 1.54) is 0 Å². The van der Waals surface area contributed by atoms with Crippen LogP contribution in [0.5, 0.6) is 0 Å². The molecule has 0 fully saturated rings. The van der Waals surface area contributed by atoms with Crippen LogP contribution in [0.25, 0.3) is 0 Å². The summed E-state index contributed by atoms with van der Waals surface area (Å²) in [6, 6.07) is 22.5. The van der Waals surface area contributed by atoms with Crippen molar-refractivity contribution in [2.75, 3.05) is 11.1 Å². The summed E-state index contributed by atoms with van der Waals surface area (Å²) in [6.45, 7) is 4.23. The molecular formula is C30H26N4O3. The number of hydrogen-bond donors (Lipinski definition) is 3. The maximum atomic E-state index is 13.0. The van der Waals surface area contributed by atoms with E-state index in [2.05, 4.69) is 15.6 Å². The van der Waals surface area contributed by atoms with Crippen LogP contribution in [0.1, 0.15) is 72.0 Å². The van der Waals surface area contributed by atoms with Crippen molar-refractivity contribution in [3.63, 3.8) is 0 Å². The molecule has 2 bridgehead atoms. The second-order valence-electron chi connectivity index (χ2n) is 9.51. The number of ether oxygens (including phenoxy) is 1. The van der Waals surface area contributed by atoms with Crippen LogP contribution in [0.3, 0.4) is 0 Å². The van der Waals surface area contributed by atoms with Crippen LogP contribution in [0.15, 0.2) is 72.8 Å². The zero-order valence-corrected chi connectivity index (χ0v) is 20.5. The molecule has 6 rings (SSSR count). The van der Waals surface area contributed by atoms with Gasteiger partial charge in [0, 0.05) is 29.1 Å². The molecular weight excluding hydrogens is 464 g/mol. The van der Waals surface area contributed by atoms with Crippen LogP contribution in [-0.2, 0) is 11.3 Å². The minimum Gasteiger partial charge on any atom is -0.384 e. The second kappa shape index (κ2) is 8.87. The van der Waals surface area contributed by atoms with Crippen molar-refractivity contribution in [1.82, 2.24) is 10.3 Å². The lowest BCUT2D eigenvalue weighted by Crippen LogP contribution is -2.24. The molecule has 0 spiro atoms. The molecule has 0 aliphatic carbocycles. The van der Waals surface area contributed by atoms with E-state index in [9.17, 15) is 9.59 Å². The summed E-state index contributed by atoms with van der Waals surface area (Å²) in [5, 5.41) is 5.98. The van der Waals surface area contributed by atoms with Gasteiger partial charge in [0.05, 0.1) is 0 Å². The number of anilines is 2. The van der Waals surface area contributed by atoms with E-state index in [0.717, 1.165) is 39.1 Å². The third-order valence-corrected chi connectivity index (χ3v) is 7.13. The molecule has 7 heteroatoms. The lowest BCUT2D eigenvalue weighted by molar-refractivity contribution is 0.0857. The molecule has 2 amide bonds. The number of hydrogen-bond acceptors (Lipinski definition) is 5. The fourth-order valence-electron chi connectivity index (χ4n) is 5.28. The predicted octanol–water partition coefficient (Wildman–Crippen LogP) is 4.99. The molecule has 184 valence electrons. The number of aromatic nitrogens is 1. The first kappa shape index (κ1) is 22.9. The third-order valence-electron chi connectivity index (χ3n) is 7.13. The molecule has 1 aromatic heterocycles. The summed E-state index contributed by atoms with van der Waals surface area (Å²) < 4.78 is 6.30. The number of nitrogens with one attached hydrogen (secondary N) is 2. The molecule has 2 aliphatic rings. The number of pyridine rings is 1. The van der Waals surface area contributed by atoms with Crippen molar-refractivity contribution in [2.24, 2.45) is 0 Å². The summed E-state index contributed by atoms with van der Waals surface area (Å²) in [5.41, 5.74) is 14.6. The van der Waals surface area contributed by atoms with E-state index >= 15 is 0 Å². The van der Waals surface area contributed by atoms with Gasteiger partial charge in [0.15, 0.2) is 0 Å². The highest BCUT2D eigenvalue weighted by Crippen LogP contribution is 2.54. The van der Waals surface area contributed by atoms with Crippen LogP contribution >= 0.6 is 0 Å². The van der Waals surface area contributed by atoms with Gasteiger partial charge in [-0.15, -0.1) is 0 Å². The van der Waals surface area contributed by atoms with E-state index in [4.69, 9.17) is 10.5 Å². The molecule has 3 heterocycles. The van der Waals surface area contributed by atoms with Crippen molar-refractivity contribution in [2.45, 2.75) is 32.6 Å². The van der Waals surface area contributed by atoms with E-state index in [1.807, 2.05) is 74.5 Å². The molecule has 37 heavy (non-hydrogen) atoms. The van der Waals surface area contributed by atoms with Gasteiger partial charge in [-0.2, -0.15) is 0 Å². The number of rotatable bonds is 5. The van der Waals surface area contributed by atoms with Gasteiger partial charge in [-0.3, -0.25) is 9.59 Å². The van der Waals surface area contributed by atoms with Crippen molar-refractivity contribution in [3.05, 3.63) is 123 Å². The maximum Gasteiger partial charge on any atom is 0.255 e. The predicted molar refractivity (Wildman–Crippen MR) is 141 cm³/mol. The first-order chi connectivity index (χ1) is 17.9. The normalized spacial score (nSPS) is 16.7. The number of fused-ring (bicyclic) bond motifs is 8. The molecule has 2 atom stereocenters. The van der Waals surface area contributed by atoms with E-state index in [-0.39, 0.29) is 24.0 Å². The van der Waals surface area contributed by atoms with Gasteiger partial charge < -0.3 is 21.1 Å². The summed E-state index contributed by atoms with van der Waals surface area (Å²) in [7, 11) is 0. The quantitative estimate of drug-likeness (QED) is 0.366. The summed E-state index contributed by atoms with van der Waals surface area (Å²) in [6.07, 6.45) is -0.445. The Kier molecular flexibility index (Phi) is 5.50. The summed E-state index contributed by atoms with van der Waals surface area (Å²) in [5.74, 6) is 0.151. The minimum absolute atomic E-state index is 0.161. The van der Waals surface area contributed by atoms with Crippen molar-refractivity contribution in [3.8, 4) is 0 Å². The molecule has 2 aliphatic heterocycles. The van der Waals surface area contributed by atoms with E-state index < -0.39 is 0 Å². The molecule has 4 N–H and O–H groups in total. The molecule has 4 aromatic rings. The Hall–Kier alpha value is -4.49. The van der Waals surface area contributed by atoms with Gasteiger partial charge in [0.1, 0.15) is 18.0 Å². The van der Waals surface area contributed by atoms with Crippen LogP contribution in [0, 0.1) is 13.8 Å². The lowest BCUT2D eigenvalue weighted by atomic mass is 9.85. The first-order valence-electron chi connectivity index (χ1n) is 12.2. The Labute approximate surface area is 214 Å². The Morgan fingerprint density at radius 3 is 2.30 bits per heavy atom. The monoisotopic (exact) mass is 490 g/mol. The number of nitrogen functional groups attached to an aromatic ring is 1. The SMILES string of the molecule is Cc1cc(N)nc(C)c1CNC(=O)c1ccc2c(c1)[C@@H]1O[C@H]2c2ccc(NC(=O)c3ccccc3)cc21. The Morgan fingerprint density at radius 1 is 0.838 bits per heavy atom. The standard InChI is InChI=1S/C30H26N4O3/c1-16-12-26(31)33-17(2)25(16)15-32-29(35)19-8-10-21-23(13-19)28-24-14-20(9-11-22(24)27(21)37-28)34-30(36)18-6-4-3-5-7-18/h3-14,27-28H,15H2,1-2H3,(H2,31,33)(H,32,35)(H,34,36)/t27-,28+/m1/s1. The highest BCUT2D eigenvalue weighted by atomic mass is 16.5. The highest BCUT2D eigenvalue weighted by Gasteiger charge is 2.43. The number of nitrogens with two attached hydrogens (primary N) is 1. The number of amides is 2. The zero-order valence-electron chi connectivity index (χ0n) is 20.5. The average Bonchev–Trinajstić information content (AvgIpc) is 3.45. The number of aryl methyl sites for hydroxylation is 2. The van der Waals surface area contributed by atoms with Crippen molar-refractivity contribution < 1.29 is 14.3 Å². The van der Waals surface area contributed by atoms with Gasteiger partial charge in [0.2, 0.25) is 0 Å². The first-order valence-corrected chi connectivity index (χ1v) is 12.2. The van der Waals surface area contributed by atoms with Gasteiger partial charge in [-0.1, -0.05) is 30.3 Å². The van der Waals surface area contributed by atoms with Gasteiger partial charge in [-0.05, 0) is 89.7 Å². The van der Waals surface area contributed by atoms with Gasteiger partial charge >= 0.3 is 0 Å². The summed E-state index contributed by atoms with van der Waals surface area (Å²) in [4.78, 5) is 29.9. The molecule has 0 unspecified atom stereocenters. The lowest BCUT2D eigenvalue weighted by Gasteiger charge is -2.18. The molecule has 0 saturated carbocycles.